The predicted molar refractivity (Wildman–Crippen MR) is 72.3 cm³/mol. The molecule has 1 saturated heterocycles. The Morgan fingerprint density at radius 3 is 2.67 bits per heavy atom. The van der Waals surface area contributed by atoms with Crippen molar-refractivity contribution < 1.29 is 0 Å². The standard InChI is InChI=1S/C14H20N4/c1-10(2)13-15-9-11-8-12(16-14(11)17-13)18-6-4-3-5-7-18/h9-10H,3-8H2,1-2H3. The molecular formula is C14H20N4. The van der Waals surface area contributed by atoms with Crippen LogP contribution in [0.1, 0.15) is 50.4 Å². The van der Waals surface area contributed by atoms with Crippen molar-refractivity contribution in [2.45, 2.75) is 45.4 Å². The second kappa shape index (κ2) is 4.67. The first-order valence-electron chi connectivity index (χ1n) is 6.92. The van der Waals surface area contributed by atoms with Crippen LogP contribution in [-0.4, -0.2) is 33.8 Å². The SMILES string of the molecule is CC(C)c1ncc2c(n1)N=C(N1CCCCC1)C2. The fraction of sp³-hybridized carbons (Fsp3) is 0.643. The Kier molecular flexibility index (Phi) is 3.02. The van der Waals surface area contributed by atoms with E-state index in [0.717, 1.165) is 31.2 Å². The number of piperidine rings is 1. The Bertz CT molecular complexity index is 473. The molecule has 0 aromatic carbocycles. The number of nitrogens with zero attached hydrogens (tertiary/aromatic N) is 4. The van der Waals surface area contributed by atoms with E-state index in [4.69, 9.17) is 4.99 Å². The number of likely N-dealkylation sites (tertiary alicyclic amines) is 1. The summed E-state index contributed by atoms with van der Waals surface area (Å²) in [6, 6.07) is 0. The number of hydrogen-bond donors (Lipinski definition) is 0. The molecule has 2 aliphatic heterocycles. The topological polar surface area (TPSA) is 41.4 Å². The molecule has 0 amide bonds. The zero-order valence-electron chi connectivity index (χ0n) is 11.2. The second-order valence-corrected chi connectivity index (χ2v) is 5.48. The number of fused-ring (bicyclic) bond motifs is 1. The fourth-order valence-electron chi connectivity index (χ4n) is 2.58. The van der Waals surface area contributed by atoms with Crippen LogP contribution in [0, 0.1) is 0 Å². The largest absolute Gasteiger partial charge is 0.360 e. The van der Waals surface area contributed by atoms with E-state index in [9.17, 15) is 0 Å². The van der Waals surface area contributed by atoms with Gasteiger partial charge in [-0.1, -0.05) is 13.8 Å². The van der Waals surface area contributed by atoms with Crippen LogP contribution < -0.4 is 0 Å². The fourth-order valence-corrected chi connectivity index (χ4v) is 2.58. The van der Waals surface area contributed by atoms with E-state index < -0.39 is 0 Å². The van der Waals surface area contributed by atoms with Gasteiger partial charge in [-0.3, -0.25) is 0 Å². The van der Waals surface area contributed by atoms with E-state index in [1.54, 1.807) is 0 Å². The molecule has 0 unspecified atom stereocenters. The lowest BCUT2D eigenvalue weighted by atomic mass is 10.1. The summed E-state index contributed by atoms with van der Waals surface area (Å²) >= 11 is 0. The Morgan fingerprint density at radius 1 is 1.17 bits per heavy atom. The van der Waals surface area contributed by atoms with Crippen molar-refractivity contribution >= 4 is 11.7 Å². The van der Waals surface area contributed by atoms with Gasteiger partial charge in [0.05, 0.1) is 0 Å². The molecule has 0 spiro atoms. The van der Waals surface area contributed by atoms with Gasteiger partial charge < -0.3 is 4.90 Å². The molecule has 2 aliphatic rings. The molecule has 18 heavy (non-hydrogen) atoms. The summed E-state index contributed by atoms with van der Waals surface area (Å²) in [6.07, 6.45) is 6.80. The summed E-state index contributed by atoms with van der Waals surface area (Å²) in [5.41, 5.74) is 1.18. The monoisotopic (exact) mass is 244 g/mol. The van der Waals surface area contributed by atoms with E-state index in [1.165, 1.54) is 30.7 Å². The van der Waals surface area contributed by atoms with Crippen molar-refractivity contribution in [1.29, 1.82) is 0 Å². The predicted octanol–water partition coefficient (Wildman–Crippen LogP) is 2.67. The summed E-state index contributed by atoms with van der Waals surface area (Å²) in [6.45, 7) is 6.53. The maximum Gasteiger partial charge on any atom is 0.161 e. The zero-order chi connectivity index (χ0) is 12.5. The number of hydrogen-bond acceptors (Lipinski definition) is 4. The average Bonchev–Trinajstić information content (AvgIpc) is 2.82. The first kappa shape index (κ1) is 11.6. The van der Waals surface area contributed by atoms with Gasteiger partial charge in [-0.2, -0.15) is 0 Å². The lowest BCUT2D eigenvalue weighted by Crippen LogP contribution is -2.35. The van der Waals surface area contributed by atoms with Gasteiger partial charge in [-0.25, -0.2) is 15.0 Å². The van der Waals surface area contributed by atoms with Crippen LogP contribution in [0.3, 0.4) is 0 Å². The molecule has 3 rings (SSSR count). The molecular weight excluding hydrogens is 224 g/mol. The minimum atomic E-state index is 0.365. The third-order valence-electron chi connectivity index (χ3n) is 3.68. The normalized spacial score (nSPS) is 19.1. The van der Waals surface area contributed by atoms with E-state index >= 15 is 0 Å². The van der Waals surface area contributed by atoms with Gasteiger partial charge in [0.1, 0.15) is 11.7 Å². The van der Waals surface area contributed by atoms with E-state index in [-0.39, 0.29) is 0 Å². The van der Waals surface area contributed by atoms with Crippen LogP contribution in [0.15, 0.2) is 11.2 Å². The summed E-state index contributed by atoms with van der Waals surface area (Å²) in [5.74, 6) is 3.36. The molecule has 0 saturated carbocycles. The highest BCUT2D eigenvalue weighted by Gasteiger charge is 2.23. The van der Waals surface area contributed by atoms with Gasteiger partial charge >= 0.3 is 0 Å². The van der Waals surface area contributed by atoms with Crippen LogP contribution >= 0.6 is 0 Å². The quantitative estimate of drug-likeness (QED) is 0.762. The van der Waals surface area contributed by atoms with Crippen molar-refractivity contribution in [2.24, 2.45) is 4.99 Å². The Balaban J connectivity index is 1.82. The third kappa shape index (κ3) is 2.11. The maximum atomic E-state index is 4.71. The van der Waals surface area contributed by atoms with Crippen LogP contribution in [0.5, 0.6) is 0 Å². The molecule has 4 heteroatoms. The number of aliphatic imine (C=N–C) groups is 1. The molecule has 96 valence electrons. The molecule has 4 nitrogen and oxygen atoms in total. The smallest absolute Gasteiger partial charge is 0.161 e. The van der Waals surface area contributed by atoms with Crippen molar-refractivity contribution in [3.63, 3.8) is 0 Å². The van der Waals surface area contributed by atoms with Crippen LogP contribution in [-0.2, 0) is 6.42 Å². The van der Waals surface area contributed by atoms with Crippen molar-refractivity contribution in [2.75, 3.05) is 13.1 Å². The summed E-state index contributed by atoms with van der Waals surface area (Å²) in [7, 11) is 0. The minimum absolute atomic E-state index is 0.365. The molecule has 0 atom stereocenters. The third-order valence-corrected chi connectivity index (χ3v) is 3.68. The highest BCUT2D eigenvalue weighted by molar-refractivity contribution is 5.91. The lowest BCUT2D eigenvalue weighted by Gasteiger charge is -2.28. The molecule has 3 heterocycles. The van der Waals surface area contributed by atoms with Crippen molar-refractivity contribution in [1.82, 2.24) is 14.9 Å². The van der Waals surface area contributed by atoms with Gasteiger partial charge in [-0.15, -0.1) is 0 Å². The molecule has 0 aliphatic carbocycles. The number of aromatic nitrogens is 2. The molecule has 0 bridgehead atoms. The minimum Gasteiger partial charge on any atom is -0.360 e. The van der Waals surface area contributed by atoms with E-state index in [2.05, 4.69) is 28.7 Å². The maximum absolute atomic E-state index is 4.71. The van der Waals surface area contributed by atoms with Crippen molar-refractivity contribution in [3.8, 4) is 0 Å². The zero-order valence-corrected chi connectivity index (χ0v) is 11.2. The molecule has 1 fully saturated rings. The lowest BCUT2D eigenvalue weighted by molar-refractivity contribution is 0.339. The number of amidine groups is 1. The van der Waals surface area contributed by atoms with Crippen LogP contribution in [0.2, 0.25) is 0 Å². The van der Waals surface area contributed by atoms with Gasteiger partial charge in [0, 0.05) is 37.2 Å². The first-order chi connectivity index (χ1) is 8.74. The summed E-state index contributed by atoms with van der Waals surface area (Å²) in [5, 5.41) is 0. The van der Waals surface area contributed by atoms with Gasteiger partial charge in [-0.05, 0) is 19.3 Å². The van der Waals surface area contributed by atoms with E-state index in [0.29, 0.717) is 5.92 Å². The Morgan fingerprint density at radius 2 is 1.94 bits per heavy atom. The molecule has 1 aromatic heterocycles. The van der Waals surface area contributed by atoms with Gasteiger partial charge in [0.2, 0.25) is 0 Å². The summed E-state index contributed by atoms with van der Waals surface area (Å²) < 4.78 is 0. The summed E-state index contributed by atoms with van der Waals surface area (Å²) in [4.78, 5) is 16.1. The molecule has 1 aromatic rings. The van der Waals surface area contributed by atoms with Crippen LogP contribution in [0.4, 0.5) is 5.82 Å². The van der Waals surface area contributed by atoms with Crippen molar-refractivity contribution in [3.05, 3.63) is 17.6 Å². The van der Waals surface area contributed by atoms with Gasteiger partial charge in [0.25, 0.3) is 0 Å². The first-order valence-corrected chi connectivity index (χ1v) is 6.92. The molecule has 0 N–H and O–H groups in total. The highest BCUT2D eigenvalue weighted by Crippen LogP contribution is 2.27. The Labute approximate surface area is 108 Å². The van der Waals surface area contributed by atoms with Crippen LogP contribution in [0.25, 0.3) is 0 Å². The average molecular weight is 244 g/mol. The van der Waals surface area contributed by atoms with E-state index in [1.807, 2.05) is 6.20 Å². The Hall–Kier alpha value is -1.45. The molecule has 0 radical (unpaired) electrons. The second-order valence-electron chi connectivity index (χ2n) is 5.48. The van der Waals surface area contributed by atoms with Gasteiger partial charge in [0.15, 0.2) is 5.82 Å². The highest BCUT2D eigenvalue weighted by atomic mass is 15.2. The number of rotatable bonds is 1.